The van der Waals surface area contributed by atoms with Gasteiger partial charge in [-0.15, -0.1) is 25.3 Å². The third-order valence-corrected chi connectivity index (χ3v) is 3.96. The van der Waals surface area contributed by atoms with Gasteiger partial charge in [0.2, 0.25) is 0 Å². The van der Waals surface area contributed by atoms with E-state index >= 15 is 0 Å². The van der Waals surface area contributed by atoms with Crippen LogP contribution >= 0.6 is 25.3 Å². The van der Waals surface area contributed by atoms with E-state index in [4.69, 9.17) is 0 Å². The van der Waals surface area contributed by atoms with Crippen molar-refractivity contribution in [3.8, 4) is 0 Å². The fourth-order valence-corrected chi connectivity index (χ4v) is 2.12. The highest BCUT2D eigenvalue weighted by molar-refractivity contribution is 7.96. The fraction of sp³-hybridized carbons (Fsp3) is 0.438. The highest BCUT2D eigenvalue weighted by atomic mass is 32.2. The minimum atomic E-state index is -1.30. The Balaban J connectivity index is 0.00000108. The largest absolute Gasteiger partial charge is 0.591 e. The van der Waals surface area contributed by atoms with Gasteiger partial charge in [-0.05, 0) is 33.3 Å². The van der Waals surface area contributed by atoms with Crippen LogP contribution in [-0.4, -0.2) is 25.7 Å². The first kappa shape index (κ1) is 22.2. The first-order valence-electron chi connectivity index (χ1n) is 6.90. The van der Waals surface area contributed by atoms with Crippen LogP contribution in [0.4, 0.5) is 0 Å². The zero-order valence-electron chi connectivity index (χ0n) is 14.0. The summed E-state index contributed by atoms with van der Waals surface area (Å²) in [6.45, 7) is 8.96. The number of carbonyl (C=O) groups excluding carboxylic acids is 2. The molecule has 23 heavy (non-hydrogen) atoms. The molecule has 0 heterocycles. The molecule has 0 fully saturated rings. The van der Waals surface area contributed by atoms with Crippen molar-refractivity contribution < 1.29 is 14.1 Å². The second kappa shape index (κ2) is 10.2. The van der Waals surface area contributed by atoms with Crippen LogP contribution in [0.15, 0.2) is 22.6 Å². The van der Waals surface area contributed by atoms with Crippen molar-refractivity contribution in [1.82, 2.24) is 0 Å². The number of aryl methyl sites for hydroxylation is 1. The summed E-state index contributed by atoms with van der Waals surface area (Å²) in [6.07, 6.45) is 1.83. The Bertz CT molecular complexity index is 576. The average molecular weight is 374 g/mol. The first-order valence-corrected chi connectivity index (χ1v) is 8.90. The van der Waals surface area contributed by atoms with E-state index in [0.717, 1.165) is 16.7 Å². The Morgan fingerprint density at radius 3 is 2.26 bits per heavy atom. The number of rotatable bonds is 4. The van der Waals surface area contributed by atoms with Crippen molar-refractivity contribution in [3.63, 3.8) is 0 Å². The highest BCUT2D eigenvalue weighted by Crippen LogP contribution is 2.18. The van der Waals surface area contributed by atoms with Crippen LogP contribution in [0, 0.1) is 6.92 Å². The van der Waals surface area contributed by atoms with Gasteiger partial charge in [-0.1, -0.05) is 28.2 Å². The normalized spacial score (nSPS) is 12.5. The summed E-state index contributed by atoms with van der Waals surface area (Å²) < 4.78 is 15.6. The second-order valence-electron chi connectivity index (χ2n) is 5.89. The topological polar surface area (TPSA) is 69.6 Å². The quantitative estimate of drug-likeness (QED) is 0.483. The van der Waals surface area contributed by atoms with Gasteiger partial charge in [-0.3, -0.25) is 9.59 Å². The Hall–Kier alpha value is -0.760. The Kier molecular flexibility index (Phi) is 9.84. The molecule has 0 saturated carbocycles. The van der Waals surface area contributed by atoms with E-state index in [1.165, 1.54) is 6.92 Å². The lowest BCUT2D eigenvalue weighted by Gasteiger charge is -2.17. The summed E-state index contributed by atoms with van der Waals surface area (Å²) in [7, 11) is 0. The SMILES string of the molecule is CC(=O)S.Cc1ccc(CC(=O)S)c(C=N[S+]([O-])C(C)(C)C)c1. The molecule has 0 aliphatic carbocycles. The van der Waals surface area contributed by atoms with Gasteiger partial charge in [0.1, 0.15) is 16.1 Å². The van der Waals surface area contributed by atoms with Gasteiger partial charge in [0.15, 0.2) is 10.2 Å². The predicted molar refractivity (Wildman–Crippen MR) is 104 cm³/mol. The van der Waals surface area contributed by atoms with Crippen LogP contribution in [0.2, 0.25) is 0 Å². The van der Waals surface area contributed by atoms with E-state index in [1.54, 1.807) is 6.21 Å². The number of thiol groups is 2. The van der Waals surface area contributed by atoms with Gasteiger partial charge in [0, 0.05) is 18.9 Å². The maximum atomic E-state index is 11.9. The molecule has 1 aromatic rings. The van der Waals surface area contributed by atoms with Gasteiger partial charge in [0.05, 0.1) is 6.21 Å². The third-order valence-electron chi connectivity index (χ3n) is 2.45. The molecule has 128 valence electrons. The van der Waals surface area contributed by atoms with Crippen molar-refractivity contribution >= 4 is 53.1 Å². The molecule has 1 unspecified atom stereocenters. The lowest BCUT2D eigenvalue weighted by Crippen LogP contribution is -2.25. The number of carbonyl (C=O) groups is 2. The van der Waals surface area contributed by atoms with E-state index in [9.17, 15) is 14.1 Å². The molecule has 0 amide bonds. The molecule has 0 aliphatic rings. The Labute approximate surface area is 152 Å². The number of hydrogen-bond acceptors (Lipinski definition) is 4. The molecule has 1 rings (SSSR count). The highest BCUT2D eigenvalue weighted by Gasteiger charge is 2.25. The predicted octanol–water partition coefficient (Wildman–Crippen LogP) is 3.34. The Morgan fingerprint density at radius 2 is 1.83 bits per heavy atom. The van der Waals surface area contributed by atoms with Crippen LogP contribution in [0.3, 0.4) is 0 Å². The molecule has 0 aromatic heterocycles. The summed E-state index contributed by atoms with van der Waals surface area (Å²) in [4.78, 5) is 20.4. The first-order chi connectivity index (χ1) is 10.4. The van der Waals surface area contributed by atoms with Gasteiger partial charge < -0.3 is 4.55 Å². The van der Waals surface area contributed by atoms with Crippen LogP contribution < -0.4 is 0 Å². The smallest absolute Gasteiger partial charge is 0.190 e. The minimum absolute atomic E-state index is 0.139. The van der Waals surface area contributed by atoms with Crippen molar-refractivity contribution in [2.24, 2.45) is 4.40 Å². The van der Waals surface area contributed by atoms with Crippen LogP contribution in [0.5, 0.6) is 0 Å². The van der Waals surface area contributed by atoms with E-state index in [0.29, 0.717) is 0 Å². The van der Waals surface area contributed by atoms with Gasteiger partial charge >= 0.3 is 0 Å². The van der Waals surface area contributed by atoms with E-state index in [1.807, 2.05) is 45.9 Å². The maximum Gasteiger partial charge on any atom is 0.190 e. The van der Waals surface area contributed by atoms with Crippen LogP contribution in [-0.2, 0) is 27.4 Å². The van der Waals surface area contributed by atoms with E-state index in [-0.39, 0.29) is 21.4 Å². The summed E-state index contributed by atoms with van der Waals surface area (Å²) >= 11 is 5.82. The molecule has 0 radical (unpaired) electrons. The zero-order chi connectivity index (χ0) is 18.2. The summed E-state index contributed by atoms with van der Waals surface area (Å²) in [6, 6.07) is 5.74. The van der Waals surface area contributed by atoms with Crippen molar-refractivity contribution in [3.05, 3.63) is 34.9 Å². The molecular formula is C16H23NO3S3. The van der Waals surface area contributed by atoms with Gasteiger partial charge in [-0.25, -0.2) is 0 Å². The Morgan fingerprint density at radius 1 is 1.30 bits per heavy atom. The van der Waals surface area contributed by atoms with Crippen molar-refractivity contribution in [2.45, 2.75) is 45.8 Å². The third kappa shape index (κ3) is 10.6. The van der Waals surface area contributed by atoms with Crippen molar-refractivity contribution in [2.75, 3.05) is 0 Å². The fourth-order valence-electron chi connectivity index (χ4n) is 1.42. The van der Waals surface area contributed by atoms with Crippen molar-refractivity contribution in [1.29, 1.82) is 0 Å². The number of benzene rings is 1. The molecule has 7 heteroatoms. The van der Waals surface area contributed by atoms with Crippen LogP contribution in [0.25, 0.3) is 0 Å². The molecule has 1 aromatic carbocycles. The molecule has 0 spiro atoms. The summed E-state index contributed by atoms with van der Waals surface area (Å²) in [5.41, 5.74) is 2.73. The van der Waals surface area contributed by atoms with Gasteiger partial charge in [0.25, 0.3) is 0 Å². The molecule has 0 saturated heterocycles. The second-order valence-corrected chi connectivity index (χ2v) is 8.95. The van der Waals surface area contributed by atoms with E-state index in [2.05, 4.69) is 29.7 Å². The summed E-state index contributed by atoms with van der Waals surface area (Å²) in [5, 5.41) is -0.338. The lowest BCUT2D eigenvalue weighted by atomic mass is 10.0. The van der Waals surface area contributed by atoms with Crippen LogP contribution in [0.1, 0.15) is 44.4 Å². The minimum Gasteiger partial charge on any atom is -0.591 e. The zero-order valence-corrected chi connectivity index (χ0v) is 16.6. The molecule has 0 aliphatic heterocycles. The number of hydrogen-bond donors (Lipinski definition) is 2. The standard InChI is InChI=1S/C14H19NO2S2.C2H4OS/c1-10-5-6-11(8-13(16)18)12(7-10)9-15-19(17)14(2,3)4;1-2(3)4/h5-7,9H,8H2,1-4H3,(H,16,18);1H3,(H,3,4). The van der Waals surface area contributed by atoms with E-state index < -0.39 is 11.4 Å². The maximum absolute atomic E-state index is 11.9. The molecule has 1 atom stereocenters. The molecule has 0 bridgehead atoms. The molecular weight excluding hydrogens is 350 g/mol. The average Bonchev–Trinajstić information content (AvgIpc) is 2.36. The van der Waals surface area contributed by atoms with Gasteiger partial charge in [-0.2, -0.15) is 0 Å². The molecule has 0 N–H and O–H groups in total. The number of nitrogens with zero attached hydrogens (tertiary/aromatic N) is 1. The summed E-state index contributed by atoms with van der Waals surface area (Å²) in [5.74, 6) is 0. The lowest BCUT2D eigenvalue weighted by molar-refractivity contribution is -0.110. The monoisotopic (exact) mass is 373 g/mol. The molecule has 4 nitrogen and oxygen atoms in total.